The highest BCUT2D eigenvalue weighted by Gasteiger charge is 2.85. The maximum atomic E-state index is 15.1. The zero-order valence-corrected chi connectivity index (χ0v) is 33.3. The minimum Gasteiger partial charge on any atom is -0.378 e. The van der Waals surface area contributed by atoms with Gasteiger partial charge in [-0.3, -0.25) is 33.7 Å². The molecule has 6 fully saturated rings. The van der Waals surface area contributed by atoms with Crippen molar-refractivity contribution < 1.29 is 33.5 Å². The normalized spacial score (nSPS) is 30.2. The number of amides is 3. The van der Waals surface area contributed by atoms with Gasteiger partial charge in [0.2, 0.25) is 17.6 Å². The van der Waals surface area contributed by atoms with E-state index < -0.39 is 47.1 Å². The summed E-state index contributed by atoms with van der Waals surface area (Å²) in [6.45, 7) is 12.4. The molecule has 2 saturated heterocycles. The van der Waals surface area contributed by atoms with Crippen LogP contribution in [0.25, 0.3) is 0 Å². The van der Waals surface area contributed by atoms with Crippen LogP contribution in [0.3, 0.4) is 0 Å². The van der Waals surface area contributed by atoms with E-state index in [4.69, 9.17) is 10.5 Å². The molecule has 6 atom stereocenters. The number of hydrogen-bond acceptors (Lipinski definition) is 8. The molecule has 2 spiro atoms. The summed E-state index contributed by atoms with van der Waals surface area (Å²) in [5.74, 6) is -3.66. The lowest BCUT2D eigenvalue weighted by molar-refractivity contribution is -0.147. The molecular weight excluding hydrogens is 672 g/mol. The number of morpholine rings is 1. The Morgan fingerprint density at radius 1 is 0.887 bits per heavy atom. The van der Waals surface area contributed by atoms with Crippen molar-refractivity contribution >= 4 is 35.1 Å². The molecule has 2 heterocycles. The molecule has 0 bridgehead atoms. The van der Waals surface area contributed by atoms with Crippen LogP contribution in [0.5, 0.6) is 0 Å². The largest absolute Gasteiger partial charge is 0.378 e. The van der Waals surface area contributed by atoms with E-state index in [9.17, 15) is 24.0 Å². The summed E-state index contributed by atoms with van der Waals surface area (Å²) < 4.78 is 5.62. The number of hydrogen-bond donors (Lipinski definition) is 2. The Kier molecular flexibility index (Phi) is 11.4. The van der Waals surface area contributed by atoms with Crippen LogP contribution in [0.4, 0.5) is 0 Å². The lowest BCUT2D eigenvalue weighted by Gasteiger charge is -2.38. The highest BCUT2D eigenvalue weighted by atomic mass is 16.5. The Morgan fingerprint density at radius 2 is 1.57 bits per heavy atom. The summed E-state index contributed by atoms with van der Waals surface area (Å²) in [7, 11) is 1.90. The summed E-state index contributed by atoms with van der Waals surface area (Å²) >= 11 is 0. The summed E-state index contributed by atoms with van der Waals surface area (Å²) in [6, 6.07) is -1.92. The van der Waals surface area contributed by atoms with Gasteiger partial charge >= 0.3 is 0 Å². The van der Waals surface area contributed by atoms with Crippen LogP contribution < -0.4 is 11.1 Å². The Labute approximate surface area is 316 Å². The second kappa shape index (κ2) is 15.1. The number of likely N-dealkylation sites (N-methyl/N-ethyl adjacent to an activating group) is 1. The van der Waals surface area contributed by atoms with Gasteiger partial charge in [-0.05, 0) is 73.7 Å². The fraction of sp³-hybridized carbons (Fsp3) is 0.857. The Morgan fingerprint density at radius 3 is 2.09 bits per heavy atom. The Hall–Kier alpha value is -2.66. The zero-order chi connectivity index (χ0) is 38.5. The van der Waals surface area contributed by atoms with Crippen molar-refractivity contribution in [3.8, 4) is 0 Å². The van der Waals surface area contributed by atoms with E-state index in [1.165, 1.54) is 0 Å². The number of carbonyl (C=O) groups is 6. The first-order valence-electron chi connectivity index (χ1n) is 20.7. The number of rotatable bonds is 14. The van der Waals surface area contributed by atoms with Crippen molar-refractivity contribution in [2.75, 3.05) is 33.4 Å². The number of fused-ring (bicyclic) bond motifs is 1. The molecule has 53 heavy (non-hydrogen) atoms. The van der Waals surface area contributed by atoms with Crippen LogP contribution >= 0.6 is 0 Å². The molecule has 6 aliphatic rings. The second-order valence-electron chi connectivity index (χ2n) is 19.5. The van der Waals surface area contributed by atoms with Gasteiger partial charge in [-0.1, -0.05) is 79.6 Å². The van der Waals surface area contributed by atoms with Gasteiger partial charge in [0.15, 0.2) is 11.6 Å². The van der Waals surface area contributed by atoms with E-state index in [2.05, 4.69) is 19.2 Å². The van der Waals surface area contributed by atoms with Crippen LogP contribution in [-0.4, -0.2) is 96.3 Å². The van der Waals surface area contributed by atoms with E-state index in [-0.39, 0.29) is 65.0 Å². The molecule has 2 aliphatic heterocycles. The Balaban J connectivity index is 1.27. The molecule has 11 nitrogen and oxygen atoms in total. The minimum atomic E-state index is -1.01. The lowest BCUT2D eigenvalue weighted by atomic mass is 9.73. The van der Waals surface area contributed by atoms with Crippen molar-refractivity contribution in [2.45, 2.75) is 149 Å². The predicted molar refractivity (Wildman–Crippen MR) is 200 cm³/mol. The summed E-state index contributed by atoms with van der Waals surface area (Å²) in [4.78, 5) is 86.8. The van der Waals surface area contributed by atoms with Gasteiger partial charge in [0.1, 0.15) is 6.04 Å². The van der Waals surface area contributed by atoms with Gasteiger partial charge in [0.25, 0.3) is 5.91 Å². The number of primary amides is 1. The fourth-order valence-corrected chi connectivity index (χ4v) is 11.5. The number of ketones is 3. The molecule has 0 aromatic rings. The van der Waals surface area contributed by atoms with E-state index in [0.29, 0.717) is 38.5 Å². The molecule has 11 heteroatoms. The van der Waals surface area contributed by atoms with Crippen LogP contribution in [0, 0.1) is 45.3 Å². The van der Waals surface area contributed by atoms with Crippen LogP contribution in [0.1, 0.15) is 131 Å². The average Bonchev–Trinajstić information content (AvgIpc) is 3.27. The molecule has 6 rings (SSSR count). The standard InChI is InChI=1S/C42H66N4O7/c1-39(2,3)29(22-33(48)34(27-14-8-7-9-15-27)44-37(51)31-24-53-19-18-45(31)6)38(52)46-25-42(40(4,5)41(42)16-11-17-41)23-30(46)32(47)21-28(35(49)36(43)50)20-26-12-10-13-26/h26-31,34H,7-25H2,1-6H3,(H2,43,50)(H,44,51)/t28?,29-,30+,31+,34+,42-/m1/s1. The number of likely N-dealkylation sites (tertiary alicyclic amines) is 1. The number of nitrogens with two attached hydrogens (primary N) is 1. The van der Waals surface area contributed by atoms with E-state index in [1.54, 1.807) is 4.90 Å². The number of Topliss-reactive ketones (excluding diaryl/α,β-unsaturated/α-hetero) is 3. The number of nitrogens with one attached hydrogen (secondary N) is 1. The smallest absolute Gasteiger partial charge is 0.285 e. The molecule has 1 unspecified atom stereocenters. The summed E-state index contributed by atoms with van der Waals surface area (Å²) in [5, 5.41) is 3.15. The maximum Gasteiger partial charge on any atom is 0.285 e. The topological polar surface area (TPSA) is 156 Å². The quantitative estimate of drug-likeness (QED) is 0.245. The number of carbonyl (C=O) groups excluding carboxylic acids is 6. The monoisotopic (exact) mass is 738 g/mol. The van der Waals surface area contributed by atoms with Crippen molar-refractivity contribution in [1.29, 1.82) is 0 Å². The van der Waals surface area contributed by atoms with Gasteiger partial charge in [-0.2, -0.15) is 0 Å². The van der Waals surface area contributed by atoms with E-state index in [0.717, 1.165) is 70.6 Å². The highest BCUT2D eigenvalue weighted by molar-refractivity contribution is 6.36. The van der Waals surface area contributed by atoms with E-state index >= 15 is 4.79 Å². The third-order valence-electron chi connectivity index (χ3n) is 15.6. The SMILES string of the molecule is CN1CCOC[C@H]1C(=O)N[C@H](C(=O)C[C@H](C(=O)N1C[C@]2(C[C@H]1C(=O)CC(CC1CCC1)C(=O)C(N)=O)C(C)(C)C21CCC1)C(C)(C)C)C1CCCCC1. The fourth-order valence-electron chi connectivity index (χ4n) is 11.5. The summed E-state index contributed by atoms with van der Waals surface area (Å²) in [6.07, 6.45) is 11.9. The molecule has 0 radical (unpaired) electrons. The highest BCUT2D eigenvalue weighted by Crippen LogP contribution is 2.88. The van der Waals surface area contributed by atoms with Crippen molar-refractivity contribution in [3.05, 3.63) is 0 Å². The van der Waals surface area contributed by atoms with Gasteiger partial charge < -0.3 is 20.7 Å². The first-order valence-corrected chi connectivity index (χ1v) is 20.7. The molecule has 4 saturated carbocycles. The zero-order valence-electron chi connectivity index (χ0n) is 33.3. The molecule has 296 valence electrons. The van der Waals surface area contributed by atoms with Crippen LogP contribution in [0.2, 0.25) is 0 Å². The maximum absolute atomic E-state index is 15.1. The van der Waals surface area contributed by atoms with Gasteiger partial charge in [-0.15, -0.1) is 0 Å². The van der Waals surface area contributed by atoms with Crippen molar-refractivity contribution in [2.24, 2.45) is 51.1 Å². The summed E-state index contributed by atoms with van der Waals surface area (Å²) in [5.41, 5.74) is 4.67. The van der Waals surface area contributed by atoms with Crippen LogP contribution in [0.15, 0.2) is 0 Å². The average molecular weight is 739 g/mol. The molecule has 3 N–H and O–H groups in total. The van der Waals surface area contributed by atoms with E-state index in [1.807, 2.05) is 32.7 Å². The van der Waals surface area contributed by atoms with Crippen molar-refractivity contribution in [3.63, 3.8) is 0 Å². The van der Waals surface area contributed by atoms with Gasteiger partial charge in [0, 0.05) is 43.2 Å². The van der Waals surface area contributed by atoms with Crippen molar-refractivity contribution in [1.82, 2.24) is 15.1 Å². The lowest BCUT2D eigenvalue weighted by Crippen LogP contribution is -2.57. The molecular formula is C42H66N4O7. The predicted octanol–water partition coefficient (Wildman–Crippen LogP) is 4.62. The van der Waals surface area contributed by atoms with Gasteiger partial charge in [0.05, 0.1) is 25.3 Å². The first kappa shape index (κ1) is 40.0. The van der Waals surface area contributed by atoms with Gasteiger partial charge in [-0.25, -0.2) is 0 Å². The molecule has 3 amide bonds. The molecule has 0 aromatic heterocycles. The Bertz CT molecular complexity index is 1450. The number of ether oxygens (including phenoxy) is 1. The second-order valence-corrected chi connectivity index (χ2v) is 19.5. The van der Waals surface area contributed by atoms with Crippen LogP contribution in [-0.2, 0) is 33.5 Å². The number of nitrogens with zero attached hydrogens (tertiary/aromatic N) is 2. The third kappa shape index (κ3) is 7.27. The molecule has 0 aromatic carbocycles. The molecule has 4 aliphatic carbocycles. The third-order valence-corrected chi connectivity index (χ3v) is 15.6. The first-order chi connectivity index (χ1) is 24.9. The minimum absolute atomic E-state index is 0.00347.